The third-order valence-corrected chi connectivity index (χ3v) is 2.94. The second kappa shape index (κ2) is 5.44. The van der Waals surface area contributed by atoms with Crippen molar-refractivity contribution in [3.63, 3.8) is 0 Å². The number of amides is 1. The van der Waals surface area contributed by atoms with Gasteiger partial charge in [0.2, 0.25) is 5.91 Å². The maximum Gasteiger partial charge on any atom is 0.335 e. The van der Waals surface area contributed by atoms with Gasteiger partial charge >= 0.3 is 5.97 Å². The van der Waals surface area contributed by atoms with Gasteiger partial charge in [0.05, 0.1) is 12.1 Å². The molecule has 1 aromatic heterocycles. The lowest BCUT2D eigenvalue weighted by Gasteiger charge is -2.18. The third kappa shape index (κ3) is 3.82. The average molecular weight is 284 g/mol. The van der Waals surface area contributed by atoms with Crippen LogP contribution >= 0.6 is 11.6 Å². The van der Waals surface area contributed by atoms with Crippen molar-refractivity contribution < 1.29 is 14.7 Å². The number of aromatic carboxylic acids is 1. The summed E-state index contributed by atoms with van der Waals surface area (Å²) in [5.74, 6) is -0.833. The van der Waals surface area contributed by atoms with Crippen LogP contribution in [0.4, 0.5) is 5.82 Å². The van der Waals surface area contributed by atoms with Crippen LogP contribution < -0.4 is 10.2 Å². The first-order valence-electron chi connectivity index (χ1n) is 5.87. The summed E-state index contributed by atoms with van der Waals surface area (Å²) in [5, 5.41) is 11.9. The number of carbonyl (C=O) groups excluding carboxylic acids is 1. The van der Waals surface area contributed by atoms with Crippen LogP contribution in [0, 0.1) is 0 Å². The number of aromatic nitrogens is 1. The number of hydrogen-bond donors (Lipinski definition) is 2. The molecule has 1 amide bonds. The van der Waals surface area contributed by atoms with E-state index in [4.69, 9.17) is 16.7 Å². The first-order chi connectivity index (χ1) is 8.95. The van der Waals surface area contributed by atoms with Crippen LogP contribution in [-0.2, 0) is 4.79 Å². The van der Waals surface area contributed by atoms with Crippen molar-refractivity contribution in [3.8, 4) is 0 Å². The van der Waals surface area contributed by atoms with Crippen molar-refractivity contribution in [1.29, 1.82) is 0 Å². The molecule has 7 heteroatoms. The Balaban J connectivity index is 2.06. The molecule has 0 radical (unpaired) electrons. The van der Waals surface area contributed by atoms with E-state index < -0.39 is 5.97 Å². The molecule has 0 atom stereocenters. The summed E-state index contributed by atoms with van der Waals surface area (Å²) >= 11 is 5.77. The molecule has 0 bridgehead atoms. The summed E-state index contributed by atoms with van der Waals surface area (Å²) < 4.78 is 0. The highest BCUT2D eigenvalue weighted by Gasteiger charge is 2.23. The SMILES string of the molecule is CN(CC(=O)NC1CC1)c1cc(C(=O)O)cc(Cl)n1. The Morgan fingerprint density at radius 1 is 1.53 bits per heavy atom. The fraction of sp³-hybridized carbons (Fsp3) is 0.417. The third-order valence-electron chi connectivity index (χ3n) is 2.74. The quantitative estimate of drug-likeness (QED) is 0.792. The highest BCUT2D eigenvalue weighted by Crippen LogP contribution is 2.19. The number of pyridine rings is 1. The Kier molecular flexibility index (Phi) is 3.90. The van der Waals surface area contributed by atoms with Crippen LogP contribution in [-0.4, -0.2) is 41.6 Å². The number of hydrogen-bond acceptors (Lipinski definition) is 4. The second-order valence-corrected chi connectivity index (χ2v) is 4.93. The zero-order valence-electron chi connectivity index (χ0n) is 10.4. The van der Waals surface area contributed by atoms with Gasteiger partial charge in [0, 0.05) is 13.1 Å². The minimum Gasteiger partial charge on any atom is -0.478 e. The van der Waals surface area contributed by atoms with E-state index in [0.29, 0.717) is 11.9 Å². The van der Waals surface area contributed by atoms with Crippen LogP contribution in [0.3, 0.4) is 0 Å². The van der Waals surface area contributed by atoms with Gasteiger partial charge in [-0.25, -0.2) is 9.78 Å². The van der Waals surface area contributed by atoms with Crippen LogP contribution in [0.25, 0.3) is 0 Å². The number of anilines is 1. The minimum atomic E-state index is -1.08. The van der Waals surface area contributed by atoms with Crippen LogP contribution in [0.1, 0.15) is 23.2 Å². The van der Waals surface area contributed by atoms with E-state index in [2.05, 4.69) is 10.3 Å². The standard InChI is InChI=1S/C12H14ClN3O3/c1-16(6-11(17)14-8-2-3-8)10-5-7(12(18)19)4-9(13)15-10/h4-5,8H,2-3,6H2,1H3,(H,14,17)(H,18,19). The number of carbonyl (C=O) groups is 2. The Hall–Kier alpha value is -1.82. The van der Waals surface area contributed by atoms with Gasteiger partial charge in [-0.05, 0) is 25.0 Å². The maximum absolute atomic E-state index is 11.7. The van der Waals surface area contributed by atoms with Crippen molar-refractivity contribution in [3.05, 3.63) is 22.8 Å². The number of nitrogens with zero attached hydrogens (tertiary/aromatic N) is 2. The van der Waals surface area contributed by atoms with Gasteiger partial charge in [-0.15, -0.1) is 0 Å². The van der Waals surface area contributed by atoms with Gasteiger partial charge in [-0.1, -0.05) is 11.6 Å². The van der Waals surface area contributed by atoms with Gasteiger partial charge < -0.3 is 15.3 Å². The van der Waals surface area contributed by atoms with Crippen LogP contribution in [0.2, 0.25) is 5.15 Å². The Bertz CT molecular complexity index is 517. The summed E-state index contributed by atoms with van der Waals surface area (Å²) in [7, 11) is 1.66. The highest BCUT2D eigenvalue weighted by molar-refractivity contribution is 6.29. The molecule has 102 valence electrons. The van der Waals surface area contributed by atoms with Crippen molar-refractivity contribution >= 4 is 29.3 Å². The summed E-state index contributed by atoms with van der Waals surface area (Å²) in [4.78, 5) is 28.1. The van der Waals surface area contributed by atoms with Crippen molar-refractivity contribution in [1.82, 2.24) is 10.3 Å². The largest absolute Gasteiger partial charge is 0.478 e. The molecule has 1 aliphatic carbocycles. The fourth-order valence-electron chi connectivity index (χ4n) is 1.60. The molecule has 1 heterocycles. The van der Waals surface area contributed by atoms with E-state index >= 15 is 0 Å². The molecule has 1 fully saturated rings. The monoisotopic (exact) mass is 283 g/mol. The predicted octanol–water partition coefficient (Wildman–Crippen LogP) is 1.15. The number of nitrogens with one attached hydrogen (secondary N) is 1. The summed E-state index contributed by atoms with van der Waals surface area (Å²) in [5.41, 5.74) is 0.0458. The molecule has 1 aromatic rings. The van der Waals surface area contributed by atoms with Crippen LogP contribution in [0.5, 0.6) is 0 Å². The Morgan fingerprint density at radius 2 is 2.21 bits per heavy atom. The van der Waals surface area contributed by atoms with Gasteiger partial charge in [-0.3, -0.25) is 4.79 Å². The molecule has 2 rings (SSSR count). The van der Waals surface area contributed by atoms with Crippen molar-refractivity contribution in [2.45, 2.75) is 18.9 Å². The molecule has 0 unspecified atom stereocenters. The molecule has 1 aliphatic rings. The Labute approximate surface area is 115 Å². The number of halogens is 1. The van der Waals surface area contributed by atoms with E-state index in [1.165, 1.54) is 12.1 Å². The van der Waals surface area contributed by atoms with E-state index in [1.807, 2.05) is 0 Å². The number of carboxylic acids is 1. The summed E-state index contributed by atoms with van der Waals surface area (Å²) in [6.07, 6.45) is 2.04. The molecule has 6 nitrogen and oxygen atoms in total. The molecule has 19 heavy (non-hydrogen) atoms. The average Bonchev–Trinajstić information content (AvgIpc) is 3.11. The number of likely N-dealkylation sites (N-methyl/N-ethyl adjacent to an activating group) is 1. The van der Waals surface area contributed by atoms with E-state index in [-0.39, 0.29) is 23.2 Å². The fourth-order valence-corrected chi connectivity index (χ4v) is 1.80. The first-order valence-corrected chi connectivity index (χ1v) is 6.25. The lowest BCUT2D eigenvalue weighted by molar-refractivity contribution is -0.119. The zero-order chi connectivity index (χ0) is 14.0. The topological polar surface area (TPSA) is 82.5 Å². The molecule has 0 saturated heterocycles. The van der Waals surface area contributed by atoms with Crippen molar-refractivity contribution in [2.24, 2.45) is 0 Å². The molecule has 0 spiro atoms. The molecular formula is C12H14ClN3O3. The summed E-state index contributed by atoms with van der Waals surface area (Å²) in [6.45, 7) is 0.114. The number of rotatable bonds is 5. The van der Waals surface area contributed by atoms with E-state index in [9.17, 15) is 9.59 Å². The van der Waals surface area contributed by atoms with Crippen LogP contribution in [0.15, 0.2) is 12.1 Å². The van der Waals surface area contributed by atoms with Gasteiger partial charge in [0.25, 0.3) is 0 Å². The predicted molar refractivity (Wildman–Crippen MR) is 70.6 cm³/mol. The first kappa shape index (κ1) is 13.6. The van der Waals surface area contributed by atoms with E-state index in [1.54, 1.807) is 11.9 Å². The minimum absolute atomic E-state index is 0.0458. The lowest BCUT2D eigenvalue weighted by atomic mass is 10.2. The highest BCUT2D eigenvalue weighted by atomic mass is 35.5. The molecule has 2 N–H and O–H groups in total. The summed E-state index contributed by atoms with van der Waals surface area (Å²) in [6, 6.07) is 2.95. The van der Waals surface area contributed by atoms with Crippen molar-refractivity contribution in [2.75, 3.05) is 18.5 Å². The van der Waals surface area contributed by atoms with Gasteiger partial charge in [-0.2, -0.15) is 0 Å². The Morgan fingerprint density at radius 3 is 2.79 bits per heavy atom. The molecule has 0 aliphatic heterocycles. The number of carboxylic acid groups (broad SMARTS) is 1. The lowest BCUT2D eigenvalue weighted by Crippen LogP contribution is -2.36. The van der Waals surface area contributed by atoms with E-state index in [0.717, 1.165) is 12.8 Å². The normalized spacial score (nSPS) is 14.0. The zero-order valence-corrected chi connectivity index (χ0v) is 11.1. The van der Waals surface area contributed by atoms with Gasteiger partial charge in [0.1, 0.15) is 11.0 Å². The molecule has 0 aromatic carbocycles. The second-order valence-electron chi connectivity index (χ2n) is 4.54. The maximum atomic E-state index is 11.7. The molecule has 1 saturated carbocycles. The van der Waals surface area contributed by atoms with Gasteiger partial charge in [0.15, 0.2) is 0 Å². The smallest absolute Gasteiger partial charge is 0.335 e. The molecular weight excluding hydrogens is 270 g/mol.